The maximum Gasteiger partial charge on any atom is 0.252 e. The highest BCUT2D eigenvalue weighted by Gasteiger charge is 2.63. The van der Waals surface area contributed by atoms with Crippen LogP contribution in [0.5, 0.6) is 0 Å². The normalized spacial score (nSPS) is 35.8. The second kappa shape index (κ2) is 6.60. The first-order valence-electron chi connectivity index (χ1n) is 8.46. The number of hydrogen-bond donors (Lipinski definition) is 1. The number of nitrogens with zero attached hydrogens (tertiary/aromatic N) is 1. The van der Waals surface area contributed by atoms with Crippen molar-refractivity contribution in [3.63, 3.8) is 0 Å². The highest BCUT2D eigenvalue weighted by Crippen LogP contribution is 2.54. The van der Waals surface area contributed by atoms with Crippen molar-refractivity contribution in [1.29, 1.82) is 0 Å². The minimum absolute atomic E-state index is 0.0210. The average molecular weight is 320 g/mol. The van der Waals surface area contributed by atoms with Crippen molar-refractivity contribution in [3.8, 4) is 0 Å². The molecule has 6 unspecified atom stereocenters. The molecule has 5 nitrogen and oxygen atoms in total. The Morgan fingerprint density at radius 1 is 1.35 bits per heavy atom. The van der Waals surface area contributed by atoms with Crippen molar-refractivity contribution in [2.45, 2.75) is 52.7 Å². The van der Waals surface area contributed by atoms with Crippen LogP contribution < -0.4 is 5.32 Å². The number of ketones is 1. The molecule has 5 heteroatoms. The molecule has 0 saturated heterocycles. The maximum absolute atomic E-state index is 12.3. The van der Waals surface area contributed by atoms with Gasteiger partial charge in [-0.2, -0.15) is 0 Å². The molecule has 0 aromatic rings. The van der Waals surface area contributed by atoms with Gasteiger partial charge in [-0.3, -0.25) is 9.59 Å². The number of nitrogens with one attached hydrogen (secondary N) is 1. The van der Waals surface area contributed by atoms with Crippen LogP contribution in [0.15, 0.2) is 0 Å². The number of carbonyl (C=O) groups is 2. The molecule has 2 rings (SSSR count). The molecule has 2 aliphatic rings. The number of methoxy groups -OCH3 is 1. The Kier molecular flexibility index (Phi) is 5.15. The summed E-state index contributed by atoms with van der Waals surface area (Å²) in [5.74, 6) is 0.376. The van der Waals surface area contributed by atoms with Crippen molar-refractivity contribution in [3.05, 3.63) is 11.4 Å². The minimum atomic E-state index is -0.405. The number of hydrogen-bond acceptors (Lipinski definition) is 3. The predicted molar refractivity (Wildman–Crippen MR) is 87.5 cm³/mol. The number of carbonyl (C=O) groups excluding carboxylic acids is 2. The Balaban J connectivity index is 2.13. The van der Waals surface area contributed by atoms with Gasteiger partial charge in [-0.1, -0.05) is 20.8 Å². The van der Waals surface area contributed by atoms with Crippen molar-refractivity contribution in [1.82, 2.24) is 5.32 Å². The van der Waals surface area contributed by atoms with Crippen LogP contribution in [-0.2, 0) is 14.3 Å². The van der Waals surface area contributed by atoms with Crippen molar-refractivity contribution < 1.29 is 14.3 Å². The molecule has 2 bridgehead atoms. The quantitative estimate of drug-likeness (QED) is 0.764. The lowest BCUT2D eigenvalue weighted by atomic mass is 9.73. The fourth-order valence-corrected chi connectivity index (χ4v) is 4.42. The Labute approximate surface area is 139 Å². The molecular weight excluding hydrogens is 292 g/mol. The number of fused-ring (bicyclic) bond motifs is 2. The van der Waals surface area contributed by atoms with Crippen LogP contribution in [-0.4, -0.2) is 37.5 Å². The summed E-state index contributed by atoms with van der Waals surface area (Å²) in [6, 6.07) is -0.193. The molecule has 2 aliphatic carbocycles. The van der Waals surface area contributed by atoms with E-state index in [1.807, 2.05) is 20.8 Å². The Morgan fingerprint density at radius 3 is 2.48 bits per heavy atom. The SMILES string of the molecule is [C-]#[N+]C1C2CC(C1OC)C(C(C)=O)C2CNC(=O)C(C)(C)CC. The van der Waals surface area contributed by atoms with E-state index in [1.165, 1.54) is 0 Å². The lowest BCUT2D eigenvalue weighted by molar-refractivity contribution is -0.131. The zero-order valence-electron chi connectivity index (χ0n) is 14.8. The second-order valence-electron chi connectivity index (χ2n) is 7.63. The van der Waals surface area contributed by atoms with Gasteiger partial charge in [0.2, 0.25) is 5.91 Å². The molecule has 6 atom stereocenters. The van der Waals surface area contributed by atoms with Crippen LogP contribution in [0, 0.1) is 35.7 Å². The molecule has 1 amide bonds. The summed E-state index contributed by atoms with van der Waals surface area (Å²) >= 11 is 0. The lowest BCUT2D eigenvalue weighted by Crippen LogP contribution is -2.49. The summed E-state index contributed by atoms with van der Waals surface area (Å²) in [4.78, 5) is 28.2. The molecule has 128 valence electrons. The van der Waals surface area contributed by atoms with Crippen LogP contribution in [0.4, 0.5) is 0 Å². The van der Waals surface area contributed by atoms with Gasteiger partial charge in [0.1, 0.15) is 11.9 Å². The third-order valence-electron chi connectivity index (χ3n) is 6.10. The number of amides is 1. The van der Waals surface area contributed by atoms with Gasteiger partial charge in [0.15, 0.2) is 0 Å². The van der Waals surface area contributed by atoms with Gasteiger partial charge < -0.3 is 14.9 Å². The van der Waals surface area contributed by atoms with Crippen LogP contribution in [0.25, 0.3) is 4.85 Å². The summed E-state index contributed by atoms with van der Waals surface area (Å²) in [5, 5.41) is 3.03. The number of Topliss-reactive ketones (excluding diaryl/α,β-unsaturated/α-hetero) is 1. The molecular formula is C18H28N2O3. The van der Waals surface area contributed by atoms with E-state index in [2.05, 4.69) is 10.2 Å². The largest absolute Gasteiger partial charge is 0.373 e. The first-order valence-corrected chi connectivity index (χ1v) is 8.46. The van der Waals surface area contributed by atoms with E-state index in [0.717, 1.165) is 12.8 Å². The molecule has 0 aliphatic heterocycles. The van der Waals surface area contributed by atoms with Crippen LogP contribution in [0.2, 0.25) is 0 Å². The summed E-state index contributed by atoms with van der Waals surface area (Å²) in [7, 11) is 1.63. The smallest absolute Gasteiger partial charge is 0.252 e. The zero-order valence-corrected chi connectivity index (χ0v) is 14.8. The summed E-state index contributed by atoms with van der Waals surface area (Å²) in [6.07, 6.45) is 1.47. The molecule has 0 heterocycles. The Hall–Kier alpha value is -1.41. The van der Waals surface area contributed by atoms with Gasteiger partial charge in [0.05, 0.1) is 0 Å². The minimum Gasteiger partial charge on any atom is -0.373 e. The van der Waals surface area contributed by atoms with E-state index in [4.69, 9.17) is 11.3 Å². The second-order valence-corrected chi connectivity index (χ2v) is 7.63. The molecule has 0 radical (unpaired) electrons. The van der Waals surface area contributed by atoms with Crippen molar-refractivity contribution in [2.24, 2.45) is 29.1 Å². The van der Waals surface area contributed by atoms with E-state index in [9.17, 15) is 9.59 Å². The van der Waals surface area contributed by atoms with Gasteiger partial charge in [0.25, 0.3) is 6.04 Å². The Bertz CT molecular complexity index is 523. The van der Waals surface area contributed by atoms with Gasteiger partial charge in [0, 0.05) is 36.8 Å². The van der Waals surface area contributed by atoms with E-state index < -0.39 is 5.41 Å². The number of ether oxygens (including phenoxy) is 1. The molecule has 0 aromatic heterocycles. The van der Waals surface area contributed by atoms with Crippen LogP contribution >= 0.6 is 0 Å². The third-order valence-corrected chi connectivity index (χ3v) is 6.10. The van der Waals surface area contributed by atoms with Gasteiger partial charge in [-0.05, 0) is 25.7 Å². The summed E-state index contributed by atoms with van der Waals surface area (Å²) < 4.78 is 5.52. The zero-order chi connectivity index (χ0) is 17.4. The summed E-state index contributed by atoms with van der Waals surface area (Å²) in [5.41, 5.74) is -0.405. The molecule has 2 fully saturated rings. The van der Waals surface area contributed by atoms with Gasteiger partial charge >= 0.3 is 0 Å². The van der Waals surface area contributed by atoms with Gasteiger partial charge in [-0.15, -0.1) is 0 Å². The fraction of sp³-hybridized carbons (Fsp3) is 0.833. The maximum atomic E-state index is 12.3. The summed E-state index contributed by atoms with van der Waals surface area (Å²) in [6.45, 7) is 15.4. The Morgan fingerprint density at radius 2 is 2.00 bits per heavy atom. The highest BCUT2D eigenvalue weighted by molar-refractivity contribution is 5.82. The first kappa shape index (κ1) is 17.9. The van der Waals surface area contributed by atoms with E-state index in [0.29, 0.717) is 6.54 Å². The third kappa shape index (κ3) is 3.01. The fourth-order valence-electron chi connectivity index (χ4n) is 4.42. The highest BCUT2D eigenvalue weighted by atomic mass is 16.5. The molecule has 0 aromatic carbocycles. The van der Waals surface area contributed by atoms with Gasteiger partial charge in [-0.25, -0.2) is 6.57 Å². The van der Waals surface area contributed by atoms with E-state index in [-0.39, 0.29) is 47.5 Å². The average Bonchev–Trinajstić information content (AvgIpc) is 3.06. The lowest BCUT2D eigenvalue weighted by Gasteiger charge is -2.35. The van der Waals surface area contributed by atoms with E-state index >= 15 is 0 Å². The van der Waals surface area contributed by atoms with Crippen molar-refractivity contribution in [2.75, 3.05) is 13.7 Å². The first-order chi connectivity index (χ1) is 10.8. The molecule has 2 saturated carbocycles. The van der Waals surface area contributed by atoms with E-state index in [1.54, 1.807) is 14.0 Å². The topological polar surface area (TPSA) is 59.8 Å². The van der Waals surface area contributed by atoms with Crippen LogP contribution in [0.3, 0.4) is 0 Å². The molecule has 1 N–H and O–H groups in total. The van der Waals surface area contributed by atoms with Crippen molar-refractivity contribution >= 4 is 11.7 Å². The standard InChI is InChI=1S/C18H28N2O3/c1-7-18(3,4)17(22)20-9-13-11-8-12(14(13)10(2)21)16(23-6)15(11)19-5/h11-16H,7-9H2,1-4,6H3,(H,20,22). The molecule has 0 spiro atoms. The predicted octanol–water partition coefficient (Wildman–Crippen LogP) is 2.31. The monoisotopic (exact) mass is 320 g/mol. The number of rotatable bonds is 6. The van der Waals surface area contributed by atoms with Crippen LogP contribution in [0.1, 0.15) is 40.5 Å². The molecule has 23 heavy (non-hydrogen) atoms.